The normalized spacial score (nSPS) is 12.0. The number of ether oxygens (including phenoxy) is 2. The molecule has 0 saturated heterocycles. The van der Waals surface area contributed by atoms with E-state index in [-0.39, 0.29) is 0 Å². The molecule has 0 aliphatic rings. The second-order valence-corrected chi connectivity index (χ2v) is 4.29. The summed E-state index contributed by atoms with van der Waals surface area (Å²) in [6, 6.07) is 5.27. The standard InChI is InChI=1S/C11H12BrClO3/c1-3-16-11(14)10(13)8-6-7(15-2)4-5-9(8)12/h4-6,10H,3H2,1-2H3. The molecule has 0 amide bonds. The van der Waals surface area contributed by atoms with Crippen molar-refractivity contribution in [3.63, 3.8) is 0 Å². The van der Waals surface area contributed by atoms with Crippen molar-refractivity contribution in [2.75, 3.05) is 13.7 Å². The lowest BCUT2D eigenvalue weighted by atomic mass is 10.1. The summed E-state index contributed by atoms with van der Waals surface area (Å²) < 4.78 is 10.7. The third kappa shape index (κ3) is 3.12. The van der Waals surface area contributed by atoms with Crippen molar-refractivity contribution in [1.82, 2.24) is 0 Å². The molecule has 0 saturated carbocycles. The Morgan fingerprint density at radius 1 is 1.56 bits per heavy atom. The van der Waals surface area contributed by atoms with E-state index in [1.807, 2.05) is 0 Å². The number of carbonyl (C=O) groups is 1. The maximum atomic E-state index is 11.5. The summed E-state index contributed by atoms with van der Waals surface area (Å²) in [5.74, 6) is 0.186. The minimum absolute atomic E-state index is 0.309. The summed E-state index contributed by atoms with van der Waals surface area (Å²) >= 11 is 9.34. The smallest absolute Gasteiger partial charge is 0.328 e. The van der Waals surface area contributed by atoms with E-state index in [1.54, 1.807) is 32.2 Å². The third-order valence-electron chi connectivity index (χ3n) is 1.97. The Balaban J connectivity index is 2.97. The Kier molecular flexibility index (Phi) is 5.09. The van der Waals surface area contributed by atoms with E-state index in [0.29, 0.717) is 17.9 Å². The Labute approximate surface area is 108 Å². The molecule has 88 valence electrons. The minimum Gasteiger partial charge on any atom is -0.497 e. The fourth-order valence-corrected chi connectivity index (χ4v) is 2.04. The topological polar surface area (TPSA) is 35.5 Å². The molecular formula is C11H12BrClO3. The molecule has 1 atom stereocenters. The van der Waals surface area contributed by atoms with Gasteiger partial charge in [0.25, 0.3) is 0 Å². The number of hydrogen-bond acceptors (Lipinski definition) is 3. The fourth-order valence-electron chi connectivity index (χ4n) is 1.19. The maximum absolute atomic E-state index is 11.5. The number of methoxy groups -OCH3 is 1. The lowest BCUT2D eigenvalue weighted by Gasteiger charge is -2.12. The van der Waals surface area contributed by atoms with Gasteiger partial charge in [0.2, 0.25) is 0 Å². The van der Waals surface area contributed by atoms with E-state index in [9.17, 15) is 4.79 Å². The van der Waals surface area contributed by atoms with Crippen LogP contribution in [-0.4, -0.2) is 19.7 Å². The van der Waals surface area contributed by atoms with Gasteiger partial charge in [-0.3, -0.25) is 4.79 Å². The van der Waals surface area contributed by atoms with E-state index in [2.05, 4.69) is 15.9 Å². The number of hydrogen-bond donors (Lipinski definition) is 0. The van der Waals surface area contributed by atoms with E-state index in [4.69, 9.17) is 21.1 Å². The summed E-state index contributed by atoms with van der Waals surface area (Å²) in [6.45, 7) is 2.05. The molecule has 1 aromatic rings. The number of alkyl halides is 1. The average Bonchev–Trinajstić information content (AvgIpc) is 2.29. The van der Waals surface area contributed by atoms with Gasteiger partial charge in [-0.1, -0.05) is 15.9 Å². The summed E-state index contributed by atoms with van der Waals surface area (Å²) in [5, 5.41) is -0.829. The number of benzene rings is 1. The first-order valence-corrected chi connectivity index (χ1v) is 5.97. The second-order valence-electron chi connectivity index (χ2n) is 3.00. The van der Waals surface area contributed by atoms with Gasteiger partial charge in [0.05, 0.1) is 13.7 Å². The first-order valence-electron chi connectivity index (χ1n) is 4.74. The largest absolute Gasteiger partial charge is 0.497 e. The van der Waals surface area contributed by atoms with Gasteiger partial charge >= 0.3 is 5.97 Å². The zero-order valence-electron chi connectivity index (χ0n) is 9.00. The van der Waals surface area contributed by atoms with Crippen molar-refractivity contribution < 1.29 is 14.3 Å². The Morgan fingerprint density at radius 2 is 2.25 bits per heavy atom. The van der Waals surface area contributed by atoms with Gasteiger partial charge in [-0.2, -0.15) is 0 Å². The number of rotatable bonds is 4. The van der Waals surface area contributed by atoms with E-state index < -0.39 is 11.3 Å². The van der Waals surface area contributed by atoms with Gasteiger partial charge in [-0.15, -0.1) is 11.6 Å². The number of halogens is 2. The van der Waals surface area contributed by atoms with Gasteiger partial charge in [-0.25, -0.2) is 0 Å². The van der Waals surface area contributed by atoms with Crippen molar-refractivity contribution >= 4 is 33.5 Å². The van der Waals surface area contributed by atoms with Crippen molar-refractivity contribution in [2.24, 2.45) is 0 Å². The lowest BCUT2D eigenvalue weighted by molar-refractivity contribution is -0.142. The van der Waals surface area contributed by atoms with Crippen LogP contribution in [-0.2, 0) is 9.53 Å². The summed E-state index contributed by atoms with van der Waals surface area (Å²) in [6.07, 6.45) is 0. The van der Waals surface area contributed by atoms with E-state index >= 15 is 0 Å². The first-order chi connectivity index (χ1) is 7.60. The Morgan fingerprint density at radius 3 is 2.81 bits per heavy atom. The molecule has 0 aromatic heterocycles. The molecule has 0 bridgehead atoms. The molecule has 0 N–H and O–H groups in total. The highest BCUT2D eigenvalue weighted by atomic mass is 79.9. The minimum atomic E-state index is -0.829. The van der Waals surface area contributed by atoms with Crippen LogP contribution in [0.2, 0.25) is 0 Å². The molecule has 3 nitrogen and oxygen atoms in total. The van der Waals surface area contributed by atoms with Crippen molar-refractivity contribution in [1.29, 1.82) is 0 Å². The van der Waals surface area contributed by atoms with Crippen LogP contribution in [0.15, 0.2) is 22.7 Å². The highest BCUT2D eigenvalue weighted by Gasteiger charge is 2.21. The van der Waals surface area contributed by atoms with E-state index in [1.165, 1.54) is 0 Å². The van der Waals surface area contributed by atoms with Crippen LogP contribution in [0.1, 0.15) is 17.9 Å². The molecule has 5 heteroatoms. The molecule has 0 aliphatic carbocycles. The van der Waals surface area contributed by atoms with Crippen LogP contribution in [0.25, 0.3) is 0 Å². The summed E-state index contributed by atoms with van der Waals surface area (Å²) in [7, 11) is 1.56. The predicted molar refractivity (Wildman–Crippen MR) is 65.9 cm³/mol. The van der Waals surface area contributed by atoms with Gasteiger partial charge in [0.1, 0.15) is 5.75 Å². The van der Waals surface area contributed by atoms with Gasteiger partial charge in [0.15, 0.2) is 5.38 Å². The van der Waals surface area contributed by atoms with Crippen molar-refractivity contribution in [3.05, 3.63) is 28.2 Å². The molecule has 0 spiro atoms. The molecule has 0 fully saturated rings. The first kappa shape index (κ1) is 13.3. The van der Waals surface area contributed by atoms with Crippen LogP contribution in [0.5, 0.6) is 5.75 Å². The SMILES string of the molecule is CCOC(=O)C(Cl)c1cc(OC)ccc1Br. The molecular weight excluding hydrogens is 295 g/mol. The zero-order valence-corrected chi connectivity index (χ0v) is 11.3. The number of esters is 1. The van der Waals surface area contributed by atoms with Crippen LogP contribution in [0, 0.1) is 0 Å². The molecule has 1 rings (SSSR count). The zero-order chi connectivity index (χ0) is 12.1. The van der Waals surface area contributed by atoms with Crippen LogP contribution in [0.3, 0.4) is 0 Å². The second kappa shape index (κ2) is 6.11. The highest BCUT2D eigenvalue weighted by molar-refractivity contribution is 9.10. The molecule has 1 unspecified atom stereocenters. The van der Waals surface area contributed by atoms with Gasteiger partial charge in [-0.05, 0) is 30.7 Å². The molecule has 0 radical (unpaired) electrons. The highest BCUT2D eigenvalue weighted by Crippen LogP contribution is 2.32. The van der Waals surface area contributed by atoms with Gasteiger partial charge < -0.3 is 9.47 Å². The number of carbonyl (C=O) groups excluding carboxylic acids is 1. The Hall–Kier alpha value is -0.740. The maximum Gasteiger partial charge on any atom is 0.328 e. The summed E-state index contributed by atoms with van der Waals surface area (Å²) in [5.41, 5.74) is 0.638. The average molecular weight is 308 g/mol. The van der Waals surface area contributed by atoms with Crippen LogP contribution < -0.4 is 4.74 Å². The summed E-state index contributed by atoms with van der Waals surface area (Å²) in [4.78, 5) is 11.5. The fraction of sp³-hybridized carbons (Fsp3) is 0.364. The van der Waals surface area contributed by atoms with E-state index in [0.717, 1.165) is 4.47 Å². The third-order valence-corrected chi connectivity index (χ3v) is 3.11. The lowest BCUT2D eigenvalue weighted by Crippen LogP contribution is -2.11. The van der Waals surface area contributed by atoms with Crippen LogP contribution >= 0.6 is 27.5 Å². The molecule has 0 heterocycles. The molecule has 1 aromatic carbocycles. The monoisotopic (exact) mass is 306 g/mol. The molecule has 16 heavy (non-hydrogen) atoms. The van der Waals surface area contributed by atoms with Crippen molar-refractivity contribution in [2.45, 2.75) is 12.3 Å². The van der Waals surface area contributed by atoms with Crippen LogP contribution in [0.4, 0.5) is 0 Å². The predicted octanol–water partition coefficient (Wildman–Crippen LogP) is 3.30. The van der Waals surface area contributed by atoms with Gasteiger partial charge in [0, 0.05) is 4.47 Å². The van der Waals surface area contributed by atoms with Crippen molar-refractivity contribution in [3.8, 4) is 5.75 Å². The molecule has 0 aliphatic heterocycles. The Bertz CT molecular complexity index is 381. The quantitative estimate of drug-likeness (QED) is 0.632.